The predicted octanol–water partition coefficient (Wildman–Crippen LogP) is 2.13. The van der Waals surface area contributed by atoms with E-state index in [2.05, 4.69) is 15.1 Å². The molecule has 20 heavy (non-hydrogen) atoms. The van der Waals surface area contributed by atoms with Crippen LogP contribution in [0, 0.1) is 0 Å². The Morgan fingerprint density at radius 2 is 2.05 bits per heavy atom. The molecule has 0 fully saturated rings. The van der Waals surface area contributed by atoms with Crippen molar-refractivity contribution in [3.63, 3.8) is 0 Å². The standard InChI is InChI=1S/C14H11N3O3/c18-10-3-4-12(19)11(7-10)14-16-13(17-20-14)6-9-2-1-5-15-8-9/h1-5,7-8,18-19H,6H2. The molecule has 0 bridgehead atoms. The fraction of sp³-hybridized carbons (Fsp3) is 0.0714. The molecule has 0 saturated heterocycles. The second kappa shape index (κ2) is 5.00. The number of phenols is 2. The average Bonchev–Trinajstić information content (AvgIpc) is 2.91. The number of aromatic hydroxyl groups is 2. The number of hydrogen-bond acceptors (Lipinski definition) is 6. The quantitative estimate of drug-likeness (QED) is 0.708. The molecule has 0 spiro atoms. The summed E-state index contributed by atoms with van der Waals surface area (Å²) in [5.41, 5.74) is 1.26. The maximum Gasteiger partial charge on any atom is 0.261 e. The first-order valence-electron chi connectivity index (χ1n) is 5.96. The molecule has 0 radical (unpaired) electrons. The van der Waals surface area contributed by atoms with E-state index in [0.29, 0.717) is 17.8 Å². The third kappa shape index (κ3) is 2.44. The van der Waals surface area contributed by atoms with Crippen molar-refractivity contribution in [2.45, 2.75) is 6.42 Å². The van der Waals surface area contributed by atoms with Crippen LogP contribution < -0.4 is 0 Å². The van der Waals surface area contributed by atoms with Crippen molar-refractivity contribution in [1.82, 2.24) is 15.1 Å². The molecule has 0 saturated carbocycles. The van der Waals surface area contributed by atoms with Crippen molar-refractivity contribution in [3.8, 4) is 23.0 Å². The van der Waals surface area contributed by atoms with Gasteiger partial charge in [0.15, 0.2) is 5.82 Å². The van der Waals surface area contributed by atoms with Crippen LogP contribution in [0.25, 0.3) is 11.5 Å². The Hall–Kier alpha value is -2.89. The van der Waals surface area contributed by atoms with Gasteiger partial charge in [-0.25, -0.2) is 0 Å². The van der Waals surface area contributed by atoms with Crippen molar-refractivity contribution in [1.29, 1.82) is 0 Å². The van der Waals surface area contributed by atoms with E-state index >= 15 is 0 Å². The highest BCUT2D eigenvalue weighted by Crippen LogP contribution is 2.31. The number of phenolic OH excluding ortho intramolecular Hbond substituents is 2. The predicted molar refractivity (Wildman–Crippen MR) is 70.1 cm³/mol. The summed E-state index contributed by atoms with van der Waals surface area (Å²) in [6.45, 7) is 0. The molecule has 6 nitrogen and oxygen atoms in total. The molecule has 2 N–H and O–H groups in total. The van der Waals surface area contributed by atoms with Gasteiger partial charge in [-0.3, -0.25) is 4.98 Å². The lowest BCUT2D eigenvalue weighted by Gasteiger charge is -1.99. The first-order chi connectivity index (χ1) is 9.72. The third-order valence-electron chi connectivity index (χ3n) is 2.76. The van der Waals surface area contributed by atoms with Crippen molar-refractivity contribution in [2.24, 2.45) is 0 Å². The summed E-state index contributed by atoms with van der Waals surface area (Å²) in [5, 5.41) is 23.0. The molecule has 3 aromatic rings. The number of rotatable bonds is 3. The Balaban J connectivity index is 1.88. The Labute approximate surface area is 114 Å². The van der Waals surface area contributed by atoms with Crippen LogP contribution in [0.3, 0.4) is 0 Å². The molecule has 6 heteroatoms. The molecule has 0 aliphatic heterocycles. The zero-order valence-electron chi connectivity index (χ0n) is 10.4. The summed E-state index contributed by atoms with van der Waals surface area (Å²) < 4.78 is 5.11. The van der Waals surface area contributed by atoms with E-state index < -0.39 is 0 Å². The average molecular weight is 269 g/mol. The molecule has 0 unspecified atom stereocenters. The van der Waals surface area contributed by atoms with Crippen molar-refractivity contribution in [3.05, 3.63) is 54.1 Å². The lowest BCUT2D eigenvalue weighted by molar-refractivity contribution is 0.417. The molecular formula is C14H11N3O3. The maximum absolute atomic E-state index is 9.74. The van der Waals surface area contributed by atoms with Gasteiger partial charge in [-0.2, -0.15) is 4.98 Å². The molecule has 0 atom stereocenters. The van der Waals surface area contributed by atoms with Crippen molar-refractivity contribution in [2.75, 3.05) is 0 Å². The number of benzene rings is 1. The van der Waals surface area contributed by atoms with Crippen LogP contribution in [-0.2, 0) is 6.42 Å². The van der Waals surface area contributed by atoms with Gasteiger partial charge in [0, 0.05) is 18.8 Å². The smallest absolute Gasteiger partial charge is 0.261 e. The zero-order chi connectivity index (χ0) is 13.9. The maximum atomic E-state index is 9.74. The van der Waals surface area contributed by atoms with Gasteiger partial charge in [-0.15, -0.1) is 0 Å². The summed E-state index contributed by atoms with van der Waals surface area (Å²) in [5.74, 6) is 0.636. The molecule has 100 valence electrons. The highest BCUT2D eigenvalue weighted by Gasteiger charge is 2.14. The van der Waals surface area contributed by atoms with Crippen molar-refractivity contribution < 1.29 is 14.7 Å². The number of aromatic nitrogens is 3. The van der Waals surface area contributed by atoms with Crippen LogP contribution in [0.1, 0.15) is 11.4 Å². The fourth-order valence-electron chi connectivity index (χ4n) is 1.82. The summed E-state index contributed by atoms with van der Waals surface area (Å²) in [6, 6.07) is 7.87. The first kappa shape index (κ1) is 12.2. The van der Waals surface area contributed by atoms with Crippen LogP contribution in [0.15, 0.2) is 47.2 Å². The Morgan fingerprint density at radius 3 is 2.85 bits per heavy atom. The van der Waals surface area contributed by atoms with Crippen LogP contribution >= 0.6 is 0 Å². The van der Waals surface area contributed by atoms with E-state index in [1.807, 2.05) is 12.1 Å². The molecule has 0 aliphatic carbocycles. The van der Waals surface area contributed by atoms with Gasteiger partial charge < -0.3 is 14.7 Å². The van der Waals surface area contributed by atoms with Gasteiger partial charge in [-0.05, 0) is 29.8 Å². The lowest BCUT2D eigenvalue weighted by Crippen LogP contribution is -1.91. The Kier molecular flexibility index (Phi) is 3.04. The summed E-state index contributed by atoms with van der Waals surface area (Å²) in [7, 11) is 0. The minimum atomic E-state index is -0.0284. The van der Waals surface area contributed by atoms with E-state index in [-0.39, 0.29) is 17.4 Å². The second-order valence-corrected chi connectivity index (χ2v) is 4.26. The lowest BCUT2D eigenvalue weighted by atomic mass is 10.2. The van der Waals surface area contributed by atoms with Gasteiger partial charge in [-0.1, -0.05) is 11.2 Å². The molecule has 0 amide bonds. The number of hydrogen-bond donors (Lipinski definition) is 2. The SMILES string of the molecule is Oc1ccc(O)c(-c2nc(Cc3cccnc3)no2)c1. The summed E-state index contributed by atoms with van der Waals surface area (Å²) >= 11 is 0. The van der Waals surface area contributed by atoms with E-state index in [9.17, 15) is 10.2 Å². The number of nitrogens with zero attached hydrogens (tertiary/aromatic N) is 3. The molecule has 2 heterocycles. The van der Waals surface area contributed by atoms with Gasteiger partial charge >= 0.3 is 0 Å². The van der Waals surface area contributed by atoms with Gasteiger partial charge in [0.25, 0.3) is 5.89 Å². The van der Waals surface area contributed by atoms with Crippen LogP contribution in [-0.4, -0.2) is 25.3 Å². The Morgan fingerprint density at radius 1 is 1.15 bits per heavy atom. The van der Waals surface area contributed by atoms with Crippen LogP contribution in [0.4, 0.5) is 0 Å². The van der Waals surface area contributed by atoms with Crippen LogP contribution in [0.5, 0.6) is 11.5 Å². The van der Waals surface area contributed by atoms with E-state index in [4.69, 9.17) is 4.52 Å². The summed E-state index contributed by atoms with van der Waals surface area (Å²) in [4.78, 5) is 8.21. The molecule has 3 rings (SSSR count). The van der Waals surface area contributed by atoms with Gasteiger partial charge in [0.05, 0.1) is 5.56 Å². The molecule has 1 aromatic carbocycles. The van der Waals surface area contributed by atoms with E-state index in [0.717, 1.165) is 5.56 Å². The normalized spacial score (nSPS) is 10.6. The number of pyridine rings is 1. The minimum absolute atomic E-state index is 0.0183. The largest absolute Gasteiger partial charge is 0.508 e. The molecule has 2 aromatic heterocycles. The van der Waals surface area contributed by atoms with E-state index in [1.54, 1.807) is 12.4 Å². The monoisotopic (exact) mass is 269 g/mol. The van der Waals surface area contributed by atoms with Gasteiger partial charge in [0.1, 0.15) is 11.5 Å². The topological polar surface area (TPSA) is 92.3 Å². The second-order valence-electron chi connectivity index (χ2n) is 4.26. The summed E-state index contributed by atoms with van der Waals surface area (Å²) in [6.07, 6.45) is 3.90. The van der Waals surface area contributed by atoms with Crippen molar-refractivity contribution >= 4 is 0 Å². The highest BCUT2D eigenvalue weighted by atomic mass is 16.5. The third-order valence-corrected chi connectivity index (χ3v) is 2.76. The highest BCUT2D eigenvalue weighted by molar-refractivity contribution is 5.64. The van der Waals surface area contributed by atoms with Gasteiger partial charge in [0.2, 0.25) is 0 Å². The van der Waals surface area contributed by atoms with E-state index in [1.165, 1.54) is 18.2 Å². The Bertz CT molecular complexity index is 726. The fourth-order valence-corrected chi connectivity index (χ4v) is 1.82. The van der Waals surface area contributed by atoms with Crippen LogP contribution in [0.2, 0.25) is 0 Å². The zero-order valence-corrected chi connectivity index (χ0v) is 10.4. The first-order valence-corrected chi connectivity index (χ1v) is 5.96. The minimum Gasteiger partial charge on any atom is -0.508 e. The molecule has 0 aliphatic rings. The molecular weight excluding hydrogens is 258 g/mol.